The molecule has 6 heteroatoms. The topological polar surface area (TPSA) is 74.8 Å². The third-order valence-electron chi connectivity index (χ3n) is 3.28. The maximum Gasteiger partial charge on any atom is 0.201 e. The standard InChI is InChI=1S/C12H15N3O2S/c16-18(17)7-5-9(6-8-18)13-12-14-10-3-1-2-4-11(10)15-12/h1-4,9H,5-8H2,(H2,13,14,15). The minimum absolute atomic E-state index is 0.189. The van der Waals surface area contributed by atoms with Gasteiger partial charge in [0, 0.05) is 6.04 Å². The molecule has 0 aliphatic carbocycles. The molecule has 1 saturated heterocycles. The molecule has 1 fully saturated rings. The number of nitrogens with zero attached hydrogens (tertiary/aromatic N) is 1. The quantitative estimate of drug-likeness (QED) is 0.864. The zero-order valence-electron chi connectivity index (χ0n) is 9.89. The van der Waals surface area contributed by atoms with Crippen molar-refractivity contribution < 1.29 is 8.42 Å². The predicted octanol–water partition coefficient (Wildman–Crippen LogP) is 1.55. The number of benzene rings is 1. The summed E-state index contributed by atoms with van der Waals surface area (Å²) in [6.07, 6.45) is 1.30. The minimum Gasteiger partial charge on any atom is -0.353 e. The highest BCUT2D eigenvalue weighted by molar-refractivity contribution is 7.91. The van der Waals surface area contributed by atoms with Crippen molar-refractivity contribution in [1.82, 2.24) is 9.97 Å². The second-order valence-electron chi connectivity index (χ2n) is 4.67. The second-order valence-corrected chi connectivity index (χ2v) is 6.98. The van der Waals surface area contributed by atoms with Gasteiger partial charge in [0.25, 0.3) is 0 Å². The number of H-pyrrole nitrogens is 1. The molecule has 96 valence electrons. The number of anilines is 1. The average molecular weight is 265 g/mol. The van der Waals surface area contributed by atoms with Gasteiger partial charge in [0.2, 0.25) is 5.95 Å². The van der Waals surface area contributed by atoms with Crippen LogP contribution in [0.5, 0.6) is 0 Å². The van der Waals surface area contributed by atoms with Gasteiger partial charge in [0.05, 0.1) is 22.5 Å². The molecule has 0 amide bonds. The van der Waals surface area contributed by atoms with Crippen molar-refractivity contribution in [1.29, 1.82) is 0 Å². The largest absolute Gasteiger partial charge is 0.353 e. The fraction of sp³-hybridized carbons (Fsp3) is 0.417. The van der Waals surface area contributed by atoms with Gasteiger partial charge in [-0.05, 0) is 25.0 Å². The third-order valence-corrected chi connectivity index (χ3v) is 5.00. The van der Waals surface area contributed by atoms with Gasteiger partial charge in [0.1, 0.15) is 9.84 Å². The van der Waals surface area contributed by atoms with Crippen LogP contribution in [0.2, 0.25) is 0 Å². The van der Waals surface area contributed by atoms with Gasteiger partial charge >= 0.3 is 0 Å². The molecular weight excluding hydrogens is 250 g/mol. The summed E-state index contributed by atoms with van der Waals surface area (Å²) in [4.78, 5) is 7.62. The first kappa shape index (κ1) is 11.5. The van der Waals surface area contributed by atoms with Crippen LogP contribution < -0.4 is 5.32 Å². The Kier molecular flexibility index (Phi) is 2.74. The van der Waals surface area contributed by atoms with Crippen molar-refractivity contribution in [2.24, 2.45) is 0 Å². The van der Waals surface area contributed by atoms with Crippen molar-refractivity contribution >= 4 is 26.8 Å². The highest BCUT2D eigenvalue weighted by Gasteiger charge is 2.23. The van der Waals surface area contributed by atoms with E-state index in [2.05, 4.69) is 15.3 Å². The number of aromatic amines is 1. The lowest BCUT2D eigenvalue weighted by molar-refractivity contribution is 0.558. The Morgan fingerprint density at radius 3 is 2.67 bits per heavy atom. The van der Waals surface area contributed by atoms with Crippen molar-refractivity contribution in [3.8, 4) is 0 Å². The van der Waals surface area contributed by atoms with Gasteiger partial charge in [-0.2, -0.15) is 0 Å². The molecule has 0 radical (unpaired) electrons. The van der Waals surface area contributed by atoms with Gasteiger partial charge in [0.15, 0.2) is 0 Å². The highest BCUT2D eigenvalue weighted by atomic mass is 32.2. The number of rotatable bonds is 2. The summed E-state index contributed by atoms with van der Waals surface area (Å²) in [6, 6.07) is 8.01. The lowest BCUT2D eigenvalue weighted by atomic mass is 10.2. The Morgan fingerprint density at radius 1 is 1.22 bits per heavy atom. The summed E-state index contributed by atoms with van der Waals surface area (Å²) in [5.74, 6) is 1.26. The number of fused-ring (bicyclic) bond motifs is 1. The molecule has 1 aromatic heterocycles. The molecule has 0 saturated carbocycles. The van der Waals surface area contributed by atoms with Gasteiger partial charge in [-0.15, -0.1) is 0 Å². The van der Waals surface area contributed by atoms with Crippen LogP contribution in [-0.4, -0.2) is 35.9 Å². The maximum atomic E-state index is 11.3. The van der Waals surface area contributed by atoms with E-state index in [1.165, 1.54) is 0 Å². The van der Waals surface area contributed by atoms with E-state index in [0.29, 0.717) is 12.8 Å². The molecule has 1 aliphatic rings. The molecule has 0 spiro atoms. The van der Waals surface area contributed by atoms with Crippen molar-refractivity contribution in [3.63, 3.8) is 0 Å². The Bertz CT molecular complexity index is 616. The lowest BCUT2D eigenvalue weighted by Crippen LogP contribution is -2.32. The Labute approximate surface area is 106 Å². The zero-order valence-corrected chi connectivity index (χ0v) is 10.7. The molecule has 3 rings (SSSR count). The highest BCUT2D eigenvalue weighted by Crippen LogP contribution is 2.18. The van der Waals surface area contributed by atoms with E-state index in [9.17, 15) is 8.42 Å². The van der Waals surface area contributed by atoms with E-state index in [1.54, 1.807) is 0 Å². The smallest absolute Gasteiger partial charge is 0.201 e. The van der Waals surface area contributed by atoms with Gasteiger partial charge in [-0.25, -0.2) is 13.4 Å². The molecule has 0 atom stereocenters. The van der Waals surface area contributed by atoms with Crippen LogP contribution in [0.25, 0.3) is 11.0 Å². The summed E-state index contributed by atoms with van der Waals surface area (Å²) in [6.45, 7) is 0. The van der Waals surface area contributed by atoms with E-state index in [-0.39, 0.29) is 17.5 Å². The maximum absolute atomic E-state index is 11.3. The van der Waals surface area contributed by atoms with E-state index in [4.69, 9.17) is 0 Å². The summed E-state index contributed by atoms with van der Waals surface area (Å²) < 4.78 is 22.7. The fourth-order valence-electron chi connectivity index (χ4n) is 2.25. The van der Waals surface area contributed by atoms with Crippen LogP contribution in [0.3, 0.4) is 0 Å². The van der Waals surface area contributed by atoms with Gasteiger partial charge < -0.3 is 10.3 Å². The summed E-state index contributed by atoms with van der Waals surface area (Å²) >= 11 is 0. The summed E-state index contributed by atoms with van der Waals surface area (Å²) in [5.41, 5.74) is 1.91. The Hall–Kier alpha value is -1.56. The number of nitrogens with one attached hydrogen (secondary N) is 2. The number of imidazole rings is 1. The molecular formula is C12H15N3O2S. The minimum atomic E-state index is -2.80. The van der Waals surface area contributed by atoms with Crippen molar-refractivity contribution in [2.45, 2.75) is 18.9 Å². The first-order valence-electron chi connectivity index (χ1n) is 6.04. The first-order chi connectivity index (χ1) is 8.62. The van der Waals surface area contributed by atoms with E-state index < -0.39 is 9.84 Å². The van der Waals surface area contributed by atoms with Crippen LogP contribution in [0.4, 0.5) is 5.95 Å². The van der Waals surface area contributed by atoms with Crippen LogP contribution in [0, 0.1) is 0 Å². The average Bonchev–Trinajstić information content (AvgIpc) is 2.74. The van der Waals surface area contributed by atoms with E-state index in [1.807, 2.05) is 24.3 Å². The SMILES string of the molecule is O=S1(=O)CCC(Nc2nc3ccccc3[nH]2)CC1. The zero-order chi connectivity index (χ0) is 12.6. The second kappa shape index (κ2) is 4.28. The molecule has 2 N–H and O–H groups in total. The predicted molar refractivity (Wildman–Crippen MR) is 71.4 cm³/mol. The molecule has 18 heavy (non-hydrogen) atoms. The van der Waals surface area contributed by atoms with Gasteiger partial charge in [-0.3, -0.25) is 0 Å². The first-order valence-corrected chi connectivity index (χ1v) is 7.86. The lowest BCUT2D eigenvalue weighted by Gasteiger charge is -2.22. The number of para-hydroxylation sites is 2. The molecule has 0 unspecified atom stereocenters. The van der Waals surface area contributed by atoms with Crippen LogP contribution in [0.15, 0.2) is 24.3 Å². The fourth-order valence-corrected chi connectivity index (χ4v) is 3.74. The Balaban J connectivity index is 1.73. The van der Waals surface area contributed by atoms with Crippen molar-refractivity contribution in [3.05, 3.63) is 24.3 Å². The third kappa shape index (κ3) is 2.33. The number of hydrogen-bond acceptors (Lipinski definition) is 4. The molecule has 1 aromatic carbocycles. The monoisotopic (exact) mass is 265 g/mol. The van der Waals surface area contributed by atoms with E-state index in [0.717, 1.165) is 17.0 Å². The van der Waals surface area contributed by atoms with E-state index >= 15 is 0 Å². The molecule has 2 heterocycles. The summed E-state index contributed by atoms with van der Waals surface area (Å²) in [7, 11) is -2.80. The van der Waals surface area contributed by atoms with Crippen LogP contribution in [-0.2, 0) is 9.84 Å². The number of aromatic nitrogens is 2. The molecule has 5 nitrogen and oxygen atoms in total. The molecule has 2 aromatic rings. The molecule has 0 bridgehead atoms. The summed E-state index contributed by atoms with van der Waals surface area (Å²) in [5, 5.41) is 3.28. The van der Waals surface area contributed by atoms with Gasteiger partial charge in [-0.1, -0.05) is 12.1 Å². The van der Waals surface area contributed by atoms with Crippen molar-refractivity contribution in [2.75, 3.05) is 16.8 Å². The normalized spacial score (nSPS) is 20.0. The molecule has 1 aliphatic heterocycles. The number of hydrogen-bond donors (Lipinski definition) is 2. The Morgan fingerprint density at radius 2 is 1.94 bits per heavy atom. The van der Waals surface area contributed by atoms with Crippen LogP contribution >= 0.6 is 0 Å². The number of sulfone groups is 1. The van der Waals surface area contributed by atoms with Crippen LogP contribution in [0.1, 0.15) is 12.8 Å².